The van der Waals surface area contributed by atoms with E-state index in [0.29, 0.717) is 12.1 Å². The first-order chi connectivity index (χ1) is 14.9. The van der Waals surface area contributed by atoms with Crippen LogP contribution in [-0.4, -0.2) is 27.0 Å². The third-order valence-corrected chi connectivity index (χ3v) is 6.86. The number of aryl methyl sites for hydroxylation is 2. The number of benzene rings is 1. The van der Waals surface area contributed by atoms with Crippen LogP contribution in [0, 0.1) is 12.7 Å². The van der Waals surface area contributed by atoms with Gasteiger partial charge in [0.15, 0.2) is 0 Å². The van der Waals surface area contributed by atoms with Gasteiger partial charge in [-0.1, -0.05) is 24.3 Å². The van der Waals surface area contributed by atoms with Crippen LogP contribution in [0.1, 0.15) is 55.6 Å². The smallest absolute Gasteiger partial charge is 0.123 e. The van der Waals surface area contributed by atoms with Gasteiger partial charge in [-0.25, -0.2) is 4.39 Å². The van der Waals surface area contributed by atoms with Crippen molar-refractivity contribution < 1.29 is 4.39 Å². The van der Waals surface area contributed by atoms with Gasteiger partial charge in [-0.3, -0.25) is 14.9 Å². The number of pyridine rings is 2. The molecule has 3 nitrogen and oxygen atoms in total. The third kappa shape index (κ3) is 5.01. The first-order valence-electron chi connectivity index (χ1n) is 11.3. The van der Waals surface area contributed by atoms with Crippen molar-refractivity contribution in [1.82, 2.24) is 14.9 Å². The van der Waals surface area contributed by atoms with Crippen LogP contribution in [0.15, 0.2) is 67.0 Å². The lowest BCUT2D eigenvalue weighted by molar-refractivity contribution is 0.0404. The molecule has 0 radical (unpaired) electrons. The summed E-state index contributed by atoms with van der Waals surface area (Å²) in [4.78, 5) is 11.9. The quantitative estimate of drug-likeness (QED) is 0.502. The molecule has 0 N–H and O–H groups in total. The van der Waals surface area contributed by atoms with Gasteiger partial charge in [0.25, 0.3) is 0 Å². The molecule has 0 amide bonds. The van der Waals surface area contributed by atoms with E-state index in [0.717, 1.165) is 37.9 Å². The van der Waals surface area contributed by atoms with Crippen LogP contribution in [0.4, 0.5) is 4.39 Å². The summed E-state index contributed by atoms with van der Waals surface area (Å²) in [7, 11) is 0. The van der Waals surface area contributed by atoms with Gasteiger partial charge in [-0.2, -0.15) is 0 Å². The van der Waals surface area contributed by atoms with Crippen molar-refractivity contribution in [2.45, 2.75) is 70.5 Å². The van der Waals surface area contributed by atoms with Crippen molar-refractivity contribution in [3.05, 3.63) is 95.3 Å². The molecule has 1 fully saturated rings. The van der Waals surface area contributed by atoms with E-state index >= 15 is 0 Å². The predicted octanol–water partition coefficient (Wildman–Crippen LogP) is 5.87. The minimum atomic E-state index is -0.177. The molecule has 0 saturated carbocycles. The van der Waals surface area contributed by atoms with E-state index < -0.39 is 0 Å². The van der Waals surface area contributed by atoms with Crippen molar-refractivity contribution in [3.8, 4) is 0 Å². The summed E-state index contributed by atoms with van der Waals surface area (Å²) in [5.41, 5.74) is 4.72. The first-order valence-corrected chi connectivity index (χ1v) is 11.3. The lowest BCUT2D eigenvalue weighted by atomic mass is 9.67. The number of hydrogen-bond acceptors (Lipinski definition) is 3. The van der Waals surface area contributed by atoms with Crippen molar-refractivity contribution in [2.75, 3.05) is 0 Å². The fourth-order valence-electron chi connectivity index (χ4n) is 5.25. The normalized spacial score (nSPS) is 24.3. The summed E-state index contributed by atoms with van der Waals surface area (Å²) in [5.74, 6) is -0.177. The highest BCUT2D eigenvalue weighted by molar-refractivity contribution is 5.23. The second kappa shape index (κ2) is 9.27. The predicted molar refractivity (Wildman–Crippen MR) is 123 cm³/mol. The molecule has 0 spiro atoms. The molecule has 0 aliphatic carbocycles. The molecule has 1 aromatic carbocycles. The lowest BCUT2D eigenvalue weighted by Crippen LogP contribution is -2.52. The molecule has 1 saturated heterocycles. The monoisotopic (exact) mass is 417 g/mol. The largest absolute Gasteiger partial charge is 0.294 e. The Labute approximate surface area is 185 Å². The average molecular weight is 418 g/mol. The highest BCUT2D eigenvalue weighted by atomic mass is 19.1. The van der Waals surface area contributed by atoms with Crippen molar-refractivity contribution >= 4 is 0 Å². The standard InChI is InChI=1S/C27H32FN3/c1-20-7-8-24(18-30-20)19-31-21(2)16-27(17-22(31)3,26-6-4-5-15-29-26)14-13-23-9-11-25(28)12-10-23/h4-12,15,18,21-22H,13-14,16-17,19H2,1-3H3/t21-,22-/m0/s1. The van der Waals surface area contributed by atoms with Gasteiger partial charge in [-0.05, 0) is 87.9 Å². The Kier molecular flexibility index (Phi) is 6.47. The van der Waals surface area contributed by atoms with Gasteiger partial charge in [0.1, 0.15) is 5.82 Å². The molecular weight excluding hydrogens is 385 g/mol. The number of rotatable bonds is 6. The summed E-state index contributed by atoms with van der Waals surface area (Å²) < 4.78 is 13.3. The van der Waals surface area contributed by atoms with E-state index in [9.17, 15) is 4.39 Å². The van der Waals surface area contributed by atoms with Gasteiger partial charge in [0.2, 0.25) is 0 Å². The topological polar surface area (TPSA) is 29.0 Å². The van der Waals surface area contributed by atoms with Gasteiger partial charge in [0.05, 0.1) is 0 Å². The van der Waals surface area contributed by atoms with Crippen LogP contribution in [0.3, 0.4) is 0 Å². The van der Waals surface area contributed by atoms with Crippen LogP contribution >= 0.6 is 0 Å². The Hall–Kier alpha value is -2.59. The Morgan fingerprint density at radius 1 is 0.935 bits per heavy atom. The zero-order valence-corrected chi connectivity index (χ0v) is 18.8. The Balaban J connectivity index is 1.56. The third-order valence-electron chi connectivity index (χ3n) is 6.86. The fraction of sp³-hybridized carbons (Fsp3) is 0.407. The molecule has 0 unspecified atom stereocenters. The highest BCUT2D eigenvalue weighted by Gasteiger charge is 2.43. The van der Waals surface area contributed by atoms with Gasteiger partial charge in [0, 0.05) is 47.8 Å². The number of piperidine rings is 1. The number of hydrogen-bond donors (Lipinski definition) is 0. The summed E-state index contributed by atoms with van der Waals surface area (Å²) in [6.45, 7) is 7.63. The van der Waals surface area contributed by atoms with Gasteiger partial charge >= 0.3 is 0 Å². The Morgan fingerprint density at radius 2 is 1.65 bits per heavy atom. The summed E-state index contributed by atoms with van der Waals surface area (Å²) in [5, 5.41) is 0. The molecule has 3 heterocycles. The van der Waals surface area contributed by atoms with Crippen molar-refractivity contribution in [2.24, 2.45) is 0 Å². The molecule has 2 atom stereocenters. The van der Waals surface area contributed by atoms with Crippen LogP contribution in [-0.2, 0) is 18.4 Å². The number of likely N-dealkylation sites (tertiary alicyclic amines) is 1. The summed E-state index contributed by atoms with van der Waals surface area (Å²) in [6.07, 6.45) is 7.99. The maximum atomic E-state index is 13.3. The highest BCUT2D eigenvalue weighted by Crippen LogP contribution is 2.44. The van der Waals surface area contributed by atoms with Crippen molar-refractivity contribution in [1.29, 1.82) is 0 Å². The number of halogens is 1. The second-order valence-corrected chi connectivity index (χ2v) is 9.21. The zero-order valence-electron chi connectivity index (χ0n) is 18.8. The molecule has 2 aromatic heterocycles. The molecule has 4 heteroatoms. The SMILES string of the molecule is Cc1ccc(CN2[C@@H](C)CC(CCc3ccc(F)cc3)(c3ccccn3)C[C@@H]2C)cn1. The first kappa shape index (κ1) is 21.6. The molecule has 4 rings (SSSR count). The summed E-state index contributed by atoms with van der Waals surface area (Å²) >= 11 is 0. The fourth-order valence-corrected chi connectivity index (χ4v) is 5.25. The molecule has 1 aliphatic rings. The zero-order chi connectivity index (χ0) is 21.8. The molecule has 1 aliphatic heterocycles. The average Bonchev–Trinajstić information content (AvgIpc) is 2.78. The van der Waals surface area contributed by atoms with E-state index in [4.69, 9.17) is 4.98 Å². The molecule has 3 aromatic rings. The Morgan fingerprint density at radius 3 is 2.26 bits per heavy atom. The lowest BCUT2D eigenvalue weighted by Gasteiger charge is -2.49. The maximum absolute atomic E-state index is 13.3. The van der Waals surface area contributed by atoms with E-state index in [1.807, 2.05) is 37.5 Å². The van der Waals surface area contributed by atoms with Gasteiger partial charge < -0.3 is 0 Å². The number of nitrogens with zero attached hydrogens (tertiary/aromatic N) is 3. The Bertz CT molecular complexity index is 958. The summed E-state index contributed by atoms with van der Waals surface area (Å²) in [6, 6.07) is 18.4. The molecule has 0 bridgehead atoms. The minimum Gasteiger partial charge on any atom is -0.294 e. The van der Waals surface area contributed by atoms with Crippen LogP contribution < -0.4 is 0 Å². The maximum Gasteiger partial charge on any atom is 0.123 e. The second-order valence-electron chi connectivity index (χ2n) is 9.21. The van der Waals surface area contributed by atoms with Crippen LogP contribution in [0.2, 0.25) is 0 Å². The van der Waals surface area contributed by atoms with Crippen LogP contribution in [0.25, 0.3) is 0 Å². The van der Waals surface area contributed by atoms with Gasteiger partial charge in [-0.15, -0.1) is 0 Å². The molecule has 31 heavy (non-hydrogen) atoms. The van der Waals surface area contributed by atoms with E-state index in [1.165, 1.54) is 16.8 Å². The van der Waals surface area contributed by atoms with E-state index in [-0.39, 0.29) is 11.2 Å². The molecular formula is C27H32FN3. The van der Waals surface area contributed by atoms with E-state index in [1.54, 1.807) is 12.1 Å². The number of aromatic nitrogens is 2. The minimum absolute atomic E-state index is 0.0243. The van der Waals surface area contributed by atoms with Crippen LogP contribution in [0.5, 0.6) is 0 Å². The van der Waals surface area contributed by atoms with Crippen molar-refractivity contribution in [3.63, 3.8) is 0 Å². The molecule has 162 valence electrons. The van der Waals surface area contributed by atoms with E-state index in [2.05, 4.69) is 48.0 Å².